The maximum atomic E-state index is 4.45. The molecule has 0 radical (unpaired) electrons. The van der Waals surface area contributed by atoms with Gasteiger partial charge in [-0.3, -0.25) is 0 Å². The molecule has 0 atom stereocenters. The summed E-state index contributed by atoms with van der Waals surface area (Å²) in [6, 6.07) is 8.02. The van der Waals surface area contributed by atoms with Crippen molar-refractivity contribution in [2.75, 3.05) is 18.1 Å². The maximum Gasteiger partial charge on any atom is 0.224 e. The van der Waals surface area contributed by atoms with E-state index in [-0.39, 0.29) is 0 Å². The first-order valence-corrected chi connectivity index (χ1v) is 6.23. The molecular formula is C12H13N3S. The number of aromatic nitrogens is 2. The average Bonchev–Trinajstić information content (AvgIpc) is 2.35. The van der Waals surface area contributed by atoms with Crippen LogP contribution in [-0.4, -0.2) is 22.8 Å². The van der Waals surface area contributed by atoms with Gasteiger partial charge in [-0.05, 0) is 12.3 Å². The maximum absolute atomic E-state index is 4.45. The van der Waals surface area contributed by atoms with Gasteiger partial charge in [-0.1, -0.05) is 24.3 Å². The number of nitrogens with zero attached hydrogens (tertiary/aromatic N) is 2. The summed E-state index contributed by atoms with van der Waals surface area (Å²) in [5, 5.41) is 5.20. The molecule has 0 spiro atoms. The summed E-state index contributed by atoms with van der Waals surface area (Å²) in [6.45, 7) is 4.33. The van der Waals surface area contributed by atoms with E-state index in [1.807, 2.05) is 30.5 Å². The average molecular weight is 231 g/mol. The number of benzene rings is 1. The predicted molar refractivity (Wildman–Crippen MR) is 70.0 cm³/mol. The third kappa shape index (κ3) is 2.17. The highest BCUT2D eigenvalue weighted by Gasteiger charge is 2.05. The summed E-state index contributed by atoms with van der Waals surface area (Å²) in [5.74, 6) is 0.656. The number of nitrogens with one attached hydrogen (secondary N) is 1. The van der Waals surface area contributed by atoms with Gasteiger partial charge in [0.2, 0.25) is 5.95 Å². The summed E-state index contributed by atoms with van der Waals surface area (Å²) >= 11 is 1.63. The van der Waals surface area contributed by atoms with Crippen LogP contribution in [0.4, 0.5) is 5.95 Å². The van der Waals surface area contributed by atoms with Crippen molar-refractivity contribution in [1.82, 2.24) is 9.97 Å². The minimum absolute atomic E-state index is 0.656. The van der Waals surface area contributed by atoms with Gasteiger partial charge in [0.15, 0.2) is 0 Å². The summed E-state index contributed by atoms with van der Waals surface area (Å²) in [6.07, 6.45) is 3.81. The zero-order valence-electron chi connectivity index (χ0n) is 9.10. The molecule has 16 heavy (non-hydrogen) atoms. The molecule has 0 saturated carbocycles. The van der Waals surface area contributed by atoms with Gasteiger partial charge in [0.05, 0.1) is 5.52 Å². The molecule has 1 aromatic heterocycles. The van der Waals surface area contributed by atoms with Crippen LogP contribution >= 0.6 is 11.8 Å². The molecule has 2 rings (SSSR count). The summed E-state index contributed by atoms with van der Waals surface area (Å²) in [7, 11) is 0. The zero-order valence-corrected chi connectivity index (χ0v) is 9.92. The van der Waals surface area contributed by atoms with Crippen molar-refractivity contribution in [2.24, 2.45) is 0 Å². The molecule has 0 fully saturated rings. The third-order valence-corrected chi connectivity index (χ3v) is 2.86. The van der Waals surface area contributed by atoms with Crippen LogP contribution in [0.15, 0.2) is 41.9 Å². The molecule has 0 aliphatic carbocycles. The topological polar surface area (TPSA) is 37.8 Å². The first kappa shape index (κ1) is 11.0. The first-order chi connectivity index (χ1) is 7.85. The molecule has 0 unspecified atom stereocenters. The summed E-state index contributed by atoms with van der Waals surface area (Å²) < 4.78 is 0. The van der Waals surface area contributed by atoms with Crippen molar-refractivity contribution in [1.29, 1.82) is 0 Å². The van der Waals surface area contributed by atoms with E-state index in [1.54, 1.807) is 17.8 Å². The normalized spacial score (nSPS) is 10.3. The zero-order chi connectivity index (χ0) is 11.4. The highest BCUT2D eigenvalue weighted by molar-refractivity contribution is 7.98. The summed E-state index contributed by atoms with van der Waals surface area (Å²) in [4.78, 5) is 8.89. The van der Waals surface area contributed by atoms with E-state index in [4.69, 9.17) is 0 Å². The molecule has 0 amide bonds. The number of thioether (sulfide) groups is 1. The molecule has 4 heteroatoms. The lowest BCUT2D eigenvalue weighted by Crippen LogP contribution is -2.03. The second kappa shape index (κ2) is 4.99. The highest BCUT2D eigenvalue weighted by Crippen LogP contribution is 2.24. The van der Waals surface area contributed by atoms with E-state index in [2.05, 4.69) is 21.9 Å². The minimum Gasteiger partial charge on any atom is -0.351 e. The Kier molecular flexibility index (Phi) is 3.41. The van der Waals surface area contributed by atoms with Gasteiger partial charge in [0.25, 0.3) is 0 Å². The van der Waals surface area contributed by atoms with Gasteiger partial charge in [-0.2, -0.15) is 0 Å². The molecule has 0 bridgehead atoms. The minimum atomic E-state index is 0.656. The molecule has 2 aromatic rings. The second-order valence-corrected chi connectivity index (χ2v) is 4.04. The number of hydrogen-bond donors (Lipinski definition) is 1. The first-order valence-electron chi connectivity index (χ1n) is 5.00. The number of para-hydroxylation sites is 1. The fourth-order valence-corrected chi connectivity index (χ4v) is 2.02. The lowest BCUT2D eigenvalue weighted by Gasteiger charge is -2.06. The Bertz CT molecular complexity index is 511. The third-order valence-electron chi connectivity index (χ3n) is 2.17. The van der Waals surface area contributed by atoms with Gasteiger partial charge in [0, 0.05) is 11.9 Å². The van der Waals surface area contributed by atoms with Gasteiger partial charge in [-0.25, -0.2) is 9.97 Å². The Hall–Kier alpha value is -1.55. The number of anilines is 1. The van der Waals surface area contributed by atoms with E-state index >= 15 is 0 Å². The van der Waals surface area contributed by atoms with Gasteiger partial charge in [0.1, 0.15) is 5.03 Å². The largest absolute Gasteiger partial charge is 0.351 e. The number of fused-ring (bicyclic) bond motifs is 1. The van der Waals surface area contributed by atoms with E-state index in [1.165, 1.54) is 0 Å². The molecule has 0 aliphatic rings. The molecule has 0 aliphatic heterocycles. The van der Waals surface area contributed by atoms with Gasteiger partial charge < -0.3 is 5.32 Å². The van der Waals surface area contributed by atoms with Crippen LogP contribution in [0.5, 0.6) is 0 Å². The molecule has 82 valence electrons. The van der Waals surface area contributed by atoms with Crippen molar-refractivity contribution < 1.29 is 0 Å². The Labute approximate surface area is 99.0 Å². The number of hydrogen-bond acceptors (Lipinski definition) is 4. The van der Waals surface area contributed by atoms with Crippen molar-refractivity contribution in [3.8, 4) is 0 Å². The van der Waals surface area contributed by atoms with Crippen molar-refractivity contribution in [3.63, 3.8) is 0 Å². The fraction of sp³-hybridized carbons (Fsp3) is 0.167. The Morgan fingerprint density at radius 2 is 2.19 bits per heavy atom. The Morgan fingerprint density at radius 3 is 2.94 bits per heavy atom. The van der Waals surface area contributed by atoms with Gasteiger partial charge >= 0.3 is 0 Å². The number of rotatable bonds is 4. The van der Waals surface area contributed by atoms with Crippen LogP contribution in [0.3, 0.4) is 0 Å². The molecular weight excluding hydrogens is 218 g/mol. The van der Waals surface area contributed by atoms with Crippen molar-refractivity contribution in [2.45, 2.75) is 5.03 Å². The Morgan fingerprint density at radius 1 is 1.38 bits per heavy atom. The van der Waals surface area contributed by atoms with Crippen molar-refractivity contribution >= 4 is 28.6 Å². The van der Waals surface area contributed by atoms with E-state index in [0.29, 0.717) is 12.5 Å². The quantitative estimate of drug-likeness (QED) is 0.499. The van der Waals surface area contributed by atoms with Crippen LogP contribution in [0.25, 0.3) is 10.9 Å². The predicted octanol–water partition coefficient (Wildman–Crippen LogP) is 2.95. The fourth-order valence-electron chi connectivity index (χ4n) is 1.45. The van der Waals surface area contributed by atoms with Crippen LogP contribution < -0.4 is 5.32 Å². The van der Waals surface area contributed by atoms with Gasteiger partial charge in [-0.15, -0.1) is 18.3 Å². The monoisotopic (exact) mass is 231 g/mol. The lowest BCUT2D eigenvalue weighted by molar-refractivity contribution is 1.08. The summed E-state index contributed by atoms with van der Waals surface area (Å²) in [5.41, 5.74) is 0.966. The van der Waals surface area contributed by atoms with Crippen LogP contribution in [0.1, 0.15) is 0 Å². The molecule has 1 N–H and O–H groups in total. The highest BCUT2D eigenvalue weighted by atomic mass is 32.2. The Balaban J connectivity index is 2.49. The molecule has 0 saturated heterocycles. The second-order valence-electron chi connectivity index (χ2n) is 3.24. The molecule has 3 nitrogen and oxygen atoms in total. The smallest absolute Gasteiger partial charge is 0.224 e. The molecule has 1 aromatic carbocycles. The van der Waals surface area contributed by atoms with Crippen LogP contribution in [-0.2, 0) is 0 Å². The van der Waals surface area contributed by atoms with Crippen LogP contribution in [0.2, 0.25) is 0 Å². The standard InChI is InChI=1S/C12H13N3S/c1-3-8-13-12-14-10-7-5-4-6-9(10)11(15-12)16-2/h3-7H,1,8H2,2H3,(H,13,14,15). The lowest BCUT2D eigenvalue weighted by atomic mass is 10.2. The van der Waals surface area contributed by atoms with E-state index in [0.717, 1.165) is 15.9 Å². The molecule has 1 heterocycles. The van der Waals surface area contributed by atoms with Crippen LogP contribution in [0, 0.1) is 0 Å². The SMILES string of the molecule is C=CCNc1nc(SC)c2ccccc2n1. The van der Waals surface area contributed by atoms with E-state index < -0.39 is 0 Å². The van der Waals surface area contributed by atoms with Crippen molar-refractivity contribution in [3.05, 3.63) is 36.9 Å². The van der Waals surface area contributed by atoms with E-state index in [9.17, 15) is 0 Å².